The lowest BCUT2D eigenvalue weighted by molar-refractivity contribution is 0.452. The third-order valence-electron chi connectivity index (χ3n) is 4.59. The molecular weight excluding hydrogens is 362 g/mol. The molecule has 1 aliphatic heterocycles. The normalized spacial score (nSPS) is 17.1. The van der Waals surface area contributed by atoms with Crippen LogP contribution in [0.2, 0.25) is 0 Å². The van der Waals surface area contributed by atoms with Gasteiger partial charge in [-0.1, -0.05) is 12.1 Å². The highest BCUT2D eigenvalue weighted by atomic mass is 32.2. The number of anilines is 1. The van der Waals surface area contributed by atoms with Gasteiger partial charge in [0, 0.05) is 45.0 Å². The van der Waals surface area contributed by atoms with E-state index in [2.05, 4.69) is 58.6 Å². The van der Waals surface area contributed by atoms with E-state index in [1.165, 1.54) is 15.6 Å². The summed E-state index contributed by atoms with van der Waals surface area (Å²) in [7, 11) is -3.05. The van der Waals surface area contributed by atoms with Crippen molar-refractivity contribution in [2.45, 2.75) is 27.2 Å². The lowest BCUT2D eigenvalue weighted by atomic mass is 10.2. The number of sulfonamides is 1. The molecule has 0 radical (unpaired) electrons. The molecule has 2 N–H and O–H groups in total. The van der Waals surface area contributed by atoms with Crippen LogP contribution < -0.4 is 15.5 Å². The molecule has 27 heavy (non-hydrogen) atoms. The van der Waals surface area contributed by atoms with E-state index in [4.69, 9.17) is 0 Å². The zero-order valence-corrected chi connectivity index (χ0v) is 17.6. The van der Waals surface area contributed by atoms with Crippen molar-refractivity contribution in [2.75, 3.05) is 56.5 Å². The van der Waals surface area contributed by atoms with Gasteiger partial charge in [0.15, 0.2) is 5.96 Å². The predicted octanol–water partition coefficient (Wildman–Crippen LogP) is 1.41. The van der Waals surface area contributed by atoms with E-state index in [1.807, 2.05) is 6.92 Å². The fourth-order valence-corrected chi connectivity index (χ4v) is 4.68. The predicted molar refractivity (Wildman–Crippen MR) is 113 cm³/mol. The van der Waals surface area contributed by atoms with Crippen LogP contribution in [-0.4, -0.2) is 70.2 Å². The largest absolute Gasteiger partial charge is 0.370 e. The molecule has 1 fully saturated rings. The zero-order valence-electron chi connectivity index (χ0n) is 16.7. The number of aliphatic imine (C=N–C) groups is 1. The fourth-order valence-electron chi connectivity index (χ4n) is 3.16. The van der Waals surface area contributed by atoms with Crippen molar-refractivity contribution in [3.63, 3.8) is 0 Å². The first-order valence-corrected chi connectivity index (χ1v) is 11.4. The number of nitrogens with one attached hydrogen (secondary N) is 2. The third kappa shape index (κ3) is 6.70. The number of rotatable bonds is 9. The Morgan fingerprint density at radius 1 is 1.30 bits per heavy atom. The van der Waals surface area contributed by atoms with Gasteiger partial charge in [0.05, 0.1) is 12.3 Å². The van der Waals surface area contributed by atoms with Crippen LogP contribution in [0, 0.1) is 6.92 Å². The minimum absolute atomic E-state index is 0.265. The van der Waals surface area contributed by atoms with Crippen molar-refractivity contribution in [1.29, 1.82) is 0 Å². The van der Waals surface area contributed by atoms with Gasteiger partial charge >= 0.3 is 0 Å². The van der Waals surface area contributed by atoms with Gasteiger partial charge in [0.1, 0.15) is 0 Å². The van der Waals surface area contributed by atoms with Crippen LogP contribution in [-0.2, 0) is 10.0 Å². The molecular formula is C19H33N5O2S. The van der Waals surface area contributed by atoms with Crippen molar-refractivity contribution < 1.29 is 8.42 Å². The van der Waals surface area contributed by atoms with Crippen molar-refractivity contribution in [1.82, 2.24) is 14.9 Å². The lowest BCUT2D eigenvalue weighted by Crippen LogP contribution is -2.42. The molecule has 2 rings (SSSR count). The van der Waals surface area contributed by atoms with Gasteiger partial charge in [0.2, 0.25) is 10.0 Å². The van der Waals surface area contributed by atoms with Crippen molar-refractivity contribution in [3.8, 4) is 0 Å². The molecule has 0 bridgehead atoms. The first-order chi connectivity index (χ1) is 13.0. The van der Waals surface area contributed by atoms with E-state index in [-0.39, 0.29) is 5.75 Å². The van der Waals surface area contributed by atoms with E-state index in [0.29, 0.717) is 19.6 Å². The molecule has 1 aromatic rings. The summed E-state index contributed by atoms with van der Waals surface area (Å²) in [5, 5.41) is 6.57. The monoisotopic (exact) mass is 395 g/mol. The molecule has 0 aliphatic carbocycles. The van der Waals surface area contributed by atoms with Crippen molar-refractivity contribution in [2.24, 2.45) is 4.99 Å². The Bertz CT molecular complexity index is 721. The van der Waals surface area contributed by atoms with Crippen LogP contribution in [0.5, 0.6) is 0 Å². The van der Waals surface area contributed by atoms with E-state index < -0.39 is 10.0 Å². The summed E-state index contributed by atoms with van der Waals surface area (Å²) in [6.45, 7) is 11.1. The maximum Gasteiger partial charge on any atom is 0.214 e. The van der Waals surface area contributed by atoms with Crippen LogP contribution in [0.4, 0.5) is 5.69 Å². The SMILES string of the molecule is CCNC(=NCCN1CCCS1(=O)=O)NCCN(CC)c1cccc(C)c1. The Morgan fingerprint density at radius 2 is 2.11 bits per heavy atom. The maximum absolute atomic E-state index is 11.8. The van der Waals surface area contributed by atoms with Gasteiger partial charge in [-0.25, -0.2) is 12.7 Å². The molecule has 1 saturated heterocycles. The van der Waals surface area contributed by atoms with Gasteiger partial charge in [0.25, 0.3) is 0 Å². The van der Waals surface area contributed by atoms with E-state index in [0.717, 1.165) is 38.6 Å². The Hall–Kier alpha value is -1.80. The quantitative estimate of drug-likeness (QED) is 0.488. The first-order valence-electron chi connectivity index (χ1n) is 9.78. The summed E-state index contributed by atoms with van der Waals surface area (Å²) < 4.78 is 25.2. The smallest absolute Gasteiger partial charge is 0.214 e. The summed E-state index contributed by atoms with van der Waals surface area (Å²) in [6.07, 6.45) is 0.718. The molecule has 8 heteroatoms. The van der Waals surface area contributed by atoms with Crippen LogP contribution in [0.15, 0.2) is 29.3 Å². The first kappa shape index (κ1) is 21.5. The fraction of sp³-hybridized carbons (Fsp3) is 0.632. The Kier molecular flexibility index (Phi) is 8.37. The molecule has 0 atom stereocenters. The second kappa shape index (κ2) is 10.5. The maximum atomic E-state index is 11.8. The van der Waals surface area contributed by atoms with E-state index in [9.17, 15) is 8.42 Å². The third-order valence-corrected chi connectivity index (χ3v) is 6.55. The molecule has 0 saturated carbocycles. The Labute approximate surface area is 163 Å². The molecule has 0 spiro atoms. The average molecular weight is 396 g/mol. The van der Waals surface area contributed by atoms with E-state index >= 15 is 0 Å². The summed E-state index contributed by atoms with van der Waals surface area (Å²) in [4.78, 5) is 6.84. The second-order valence-electron chi connectivity index (χ2n) is 6.67. The van der Waals surface area contributed by atoms with Gasteiger partial charge < -0.3 is 15.5 Å². The van der Waals surface area contributed by atoms with Gasteiger partial charge in [-0.2, -0.15) is 0 Å². The lowest BCUT2D eigenvalue weighted by Gasteiger charge is -2.24. The number of aryl methyl sites for hydroxylation is 1. The number of likely N-dealkylation sites (N-methyl/N-ethyl adjacent to an activating group) is 1. The zero-order chi connectivity index (χ0) is 19.7. The minimum atomic E-state index is -3.05. The van der Waals surface area contributed by atoms with Crippen LogP contribution >= 0.6 is 0 Å². The molecule has 0 unspecified atom stereocenters. The highest BCUT2D eigenvalue weighted by molar-refractivity contribution is 7.89. The number of benzene rings is 1. The highest BCUT2D eigenvalue weighted by Gasteiger charge is 2.27. The molecule has 0 amide bonds. The van der Waals surface area contributed by atoms with Gasteiger partial charge in [-0.05, 0) is 44.9 Å². The summed E-state index contributed by atoms with van der Waals surface area (Å²) >= 11 is 0. The molecule has 1 aromatic carbocycles. The number of nitrogens with zero attached hydrogens (tertiary/aromatic N) is 3. The molecule has 7 nitrogen and oxygen atoms in total. The molecule has 152 valence electrons. The summed E-state index contributed by atoms with van der Waals surface area (Å²) in [6, 6.07) is 8.51. The van der Waals surface area contributed by atoms with Crippen LogP contribution in [0.3, 0.4) is 0 Å². The molecule has 1 aliphatic rings. The van der Waals surface area contributed by atoms with Gasteiger partial charge in [-0.3, -0.25) is 4.99 Å². The topological polar surface area (TPSA) is 77.0 Å². The summed E-state index contributed by atoms with van der Waals surface area (Å²) in [5.41, 5.74) is 2.48. The average Bonchev–Trinajstić information content (AvgIpc) is 2.97. The number of hydrogen-bond donors (Lipinski definition) is 2. The van der Waals surface area contributed by atoms with Crippen molar-refractivity contribution >= 4 is 21.7 Å². The van der Waals surface area contributed by atoms with Crippen LogP contribution in [0.25, 0.3) is 0 Å². The number of hydrogen-bond acceptors (Lipinski definition) is 4. The second-order valence-corrected chi connectivity index (χ2v) is 8.76. The van der Waals surface area contributed by atoms with Gasteiger partial charge in [-0.15, -0.1) is 0 Å². The highest BCUT2D eigenvalue weighted by Crippen LogP contribution is 2.15. The molecule has 0 aromatic heterocycles. The van der Waals surface area contributed by atoms with Crippen LogP contribution in [0.1, 0.15) is 25.8 Å². The van der Waals surface area contributed by atoms with E-state index in [1.54, 1.807) is 0 Å². The Morgan fingerprint density at radius 3 is 2.74 bits per heavy atom. The van der Waals surface area contributed by atoms with Crippen molar-refractivity contribution in [3.05, 3.63) is 29.8 Å². The standard InChI is InChI=1S/C19H33N5O2S/c1-4-20-19(22-11-14-24-12-7-15-27(24,25)26)21-10-13-23(5-2)18-9-6-8-17(3)16-18/h6,8-9,16H,4-5,7,10-15H2,1-3H3,(H2,20,21,22). The number of guanidine groups is 1. The minimum Gasteiger partial charge on any atom is -0.370 e. The Balaban J connectivity index is 1.84. The summed E-state index contributed by atoms with van der Waals surface area (Å²) in [5.74, 6) is 0.996. The molecule has 1 heterocycles.